The highest BCUT2D eigenvalue weighted by molar-refractivity contribution is 5.93. The number of fused-ring (bicyclic) bond motifs is 2. The number of aryl methyl sites for hydroxylation is 1. The molecule has 1 aliphatic carbocycles. The maximum Gasteiger partial charge on any atom is 0.307 e. The normalized spacial score (nSPS) is 21.0. The molecule has 3 atom stereocenters. The average molecular weight is 488 g/mol. The number of carbonyl (C=O) groups excluding carboxylic acids is 1. The third kappa shape index (κ3) is 3.57. The van der Waals surface area contributed by atoms with Crippen LogP contribution in [0.1, 0.15) is 59.7 Å². The number of halogens is 1. The second-order valence-corrected chi connectivity index (χ2v) is 9.61. The van der Waals surface area contributed by atoms with Gasteiger partial charge in [-0.05, 0) is 61.6 Å². The third-order valence-electron chi connectivity index (χ3n) is 7.49. The zero-order valence-electron chi connectivity index (χ0n) is 20.1. The van der Waals surface area contributed by atoms with Crippen molar-refractivity contribution < 1.29 is 19.1 Å². The fourth-order valence-electron chi connectivity index (χ4n) is 5.34. The Morgan fingerprint density at radius 2 is 2.00 bits per heavy atom. The molecule has 4 heterocycles. The summed E-state index contributed by atoms with van der Waals surface area (Å²) in [5, 5.41) is 13.8. The molecular weight excluding hydrogens is 461 g/mol. The van der Waals surface area contributed by atoms with Crippen LogP contribution >= 0.6 is 0 Å². The Labute approximate surface area is 207 Å². The minimum atomic E-state index is -0.846. The van der Waals surface area contributed by atoms with Crippen LogP contribution in [-0.2, 0) is 17.8 Å². The number of hydrogen-bond donors (Lipinski definition) is 1. The van der Waals surface area contributed by atoms with Crippen LogP contribution in [0, 0.1) is 11.7 Å². The van der Waals surface area contributed by atoms with Gasteiger partial charge < -0.3 is 14.6 Å². The third-order valence-corrected chi connectivity index (χ3v) is 7.49. The number of carboxylic acid groups (broad SMARTS) is 1. The Bertz CT molecular complexity index is 1520. The topological polar surface area (TPSA) is 92.7 Å². The molecule has 9 heteroatoms. The molecule has 1 saturated carbocycles. The molecule has 1 aliphatic heterocycles. The molecule has 2 aliphatic rings. The molecule has 0 saturated heterocycles. The van der Waals surface area contributed by atoms with E-state index in [2.05, 4.69) is 14.6 Å². The van der Waals surface area contributed by atoms with Crippen molar-refractivity contribution in [1.82, 2.24) is 24.1 Å². The average Bonchev–Trinajstić information content (AvgIpc) is 3.33. The predicted molar refractivity (Wildman–Crippen MR) is 130 cm³/mol. The van der Waals surface area contributed by atoms with Crippen LogP contribution in [0.25, 0.3) is 16.9 Å². The van der Waals surface area contributed by atoms with E-state index in [-0.39, 0.29) is 17.9 Å². The maximum atomic E-state index is 15.1. The molecular formula is C27H26FN5O3. The first-order valence-electron chi connectivity index (χ1n) is 12.2. The molecule has 1 amide bonds. The Hall–Kier alpha value is -4.01. The lowest BCUT2D eigenvalue weighted by Crippen LogP contribution is -2.41. The highest BCUT2D eigenvalue weighted by atomic mass is 19.1. The first kappa shape index (κ1) is 22.5. The lowest BCUT2D eigenvalue weighted by molar-refractivity contribution is -0.138. The monoisotopic (exact) mass is 487 g/mol. The zero-order valence-corrected chi connectivity index (χ0v) is 20.1. The summed E-state index contributed by atoms with van der Waals surface area (Å²) in [6.45, 7) is 5.33. The first-order valence-corrected chi connectivity index (χ1v) is 12.2. The van der Waals surface area contributed by atoms with Gasteiger partial charge in [-0.2, -0.15) is 5.10 Å². The summed E-state index contributed by atoms with van der Waals surface area (Å²) in [5.74, 6) is -2.02. The van der Waals surface area contributed by atoms with Crippen LogP contribution < -0.4 is 0 Å². The van der Waals surface area contributed by atoms with Crippen LogP contribution in [0.3, 0.4) is 0 Å². The van der Waals surface area contributed by atoms with Crippen molar-refractivity contribution in [3.8, 4) is 11.3 Å². The first-order chi connectivity index (χ1) is 17.4. The number of nitrogens with zero attached hydrogens (tertiary/aromatic N) is 5. The Morgan fingerprint density at radius 3 is 2.72 bits per heavy atom. The second-order valence-electron chi connectivity index (χ2n) is 9.61. The fourth-order valence-corrected chi connectivity index (χ4v) is 5.34. The number of hydrogen-bond acceptors (Lipinski definition) is 4. The minimum Gasteiger partial charge on any atom is -0.481 e. The van der Waals surface area contributed by atoms with E-state index >= 15 is 4.39 Å². The number of aromatic nitrogens is 4. The summed E-state index contributed by atoms with van der Waals surface area (Å²) in [6, 6.07) is 12.2. The summed E-state index contributed by atoms with van der Waals surface area (Å²) in [5.41, 5.74) is 4.16. The van der Waals surface area contributed by atoms with Crippen molar-refractivity contribution in [2.45, 2.75) is 45.2 Å². The lowest BCUT2D eigenvalue weighted by Gasteiger charge is -2.34. The zero-order chi connectivity index (χ0) is 25.1. The van der Waals surface area contributed by atoms with Gasteiger partial charge >= 0.3 is 5.97 Å². The van der Waals surface area contributed by atoms with Gasteiger partial charge in [0.15, 0.2) is 5.65 Å². The molecule has 1 N–H and O–H groups in total. The molecule has 0 radical (unpaired) electrons. The largest absolute Gasteiger partial charge is 0.481 e. The van der Waals surface area contributed by atoms with Gasteiger partial charge in [0.2, 0.25) is 0 Å². The van der Waals surface area contributed by atoms with Crippen molar-refractivity contribution in [1.29, 1.82) is 0 Å². The van der Waals surface area contributed by atoms with E-state index in [0.717, 1.165) is 17.9 Å². The number of aliphatic carboxylic acids is 1. The lowest BCUT2D eigenvalue weighted by atomic mass is 10.0. The van der Waals surface area contributed by atoms with Crippen molar-refractivity contribution in [3.05, 3.63) is 77.1 Å². The number of amides is 1. The van der Waals surface area contributed by atoms with Gasteiger partial charge in [0.05, 0.1) is 17.7 Å². The van der Waals surface area contributed by atoms with Crippen LogP contribution in [0.5, 0.6) is 0 Å². The predicted octanol–water partition coefficient (Wildman–Crippen LogP) is 4.30. The van der Waals surface area contributed by atoms with E-state index in [1.165, 1.54) is 6.07 Å². The summed E-state index contributed by atoms with van der Waals surface area (Å²) in [7, 11) is 0. The highest BCUT2D eigenvalue weighted by Crippen LogP contribution is 2.48. The number of rotatable bonds is 5. The van der Waals surface area contributed by atoms with Gasteiger partial charge in [-0.15, -0.1) is 0 Å². The van der Waals surface area contributed by atoms with E-state index in [4.69, 9.17) is 5.11 Å². The standard InChI is InChI=1S/C27H26FN5O3/c1-3-17-12-23(26(34)32-10-9-31-8-4-5-24(31)15(32)2)29-25-14-22(30-33(17)25)18-7-6-16(11-21(18)28)19-13-20(19)27(35)36/h4-8,11-12,14-15,19-20H,3,9-10,13H2,1-2H3,(H,35,36)/t15-,19-,20+/m1/s1. The molecule has 36 heavy (non-hydrogen) atoms. The van der Waals surface area contributed by atoms with E-state index in [9.17, 15) is 9.59 Å². The Kier molecular flexibility index (Phi) is 5.17. The fraction of sp³-hybridized carbons (Fsp3) is 0.333. The van der Waals surface area contributed by atoms with Crippen LogP contribution in [0.4, 0.5) is 4.39 Å². The SMILES string of the molecule is CCc1cc(C(=O)N2CCn3cccc3[C@H]2C)nc2cc(-c3ccc([C@H]4C[C@@H]4C(=O)O)cc3F)nn12. The maximum absolute atomic E-state index is 15.1. The molecule has 8 nitrogen and oxygen atoms in total. The van der Waals surface area contributed by atoms with Crippen molar-refractivity contribution in [2.75, 3.05) is 6.54 Å². The van der Waals surface area contributed by atoms with Gasteiger partial charge in [0.25, 0.3) is 5.91 Å². The Morgan fingerprint density at radius 1 is 1.17 bits per heavy atom. The molecule has 0 unspecified atom stereocenters. The summed E-state index contributed by atoms with van der Waals surface area (Å²) in [6.07, 6.45) is 3.19. The van der Waals surface area contributed by atoms with Crippen molar-refractivity contribution in [3.63, 3.8) is 0 Å². The van der Waals surface area contributed by atoms with Gasteiger partial charge in [-0.1, -0.05) is 13.0 Å². The van der Waals surface area contributed by atoms with Gasteiger partial charge in [0, 0.05) is 42.3 Å². The molecule has 4 aromatic rings. The Balaban J connectivity index is 1.33. The van der Waals surface area contributed by atoms with Crippen molar-refractivity contribution >= 4 is 17.5 Å². The van der Waals surface area contributed by atoms with E-state index < -0.39 is 17.7 Å². The number of benzene rings is 1. The summed E-state index contributed by atoms with van der Waals surface area (Å²) < 4.78 is 18.9. The molecule has 1 fully saturated rings. The second kappa shape index (κ2) is 8.29. The molecule has 6 rings (SSSR count). The van der Waals surface area contributed by atoms with Gasteiger partial charge in [-0.25, -0.2) is 13.9 Å². The molecule has 0 spiro atoms. The van der Waals surface area contributed by atoms with Gasteiger partial charge in [0.1, 0.15) is 11.5 Å². The molecule has 3 aromatic heterocycles. The van der Waals surface area contributed by atoms with Crippen molar-refractivity contribution in [2.24, 2.45) is 5.92 Å². The minimum absolute atomic E-state index is 0.0652. The summed E-state index contributed by atoms with van der Waals surface area (Å²) >= 11 is 0. The summed E-state index contributed by atoms with van der Waals surface area (Å²) in [4.78, 5) is 31.1. The van der Waals surface area contributed by atoms with Crippen LogP contribution in [0.2, 0.25) is 0 Å². The molecule has 0 bridgehead atoms. The quantitative estimate of drug-likeness (QED) is 0.453. The van der Waals surface area contributed by atoms with E-state index in [0.29, 0.717) is 47.5 Å². The molecule has 1 aromatic carbocycles. The van der Waals surface area contributed by atoms with E-state index in [1.807, 2.05) is 37.1 Å². The smallest absolute Gasteiger partial charge is 0.307 e. The van der Waals surface area contributed by atoms with Crippen LogP contribution in [-0.4, -0.2) is 47.6 Å². The van der Waals surface area contributed by atoms with Gasteiger partial charge in [-0.3, -0.25) is 9.59 Å². The highest BCUT2D eigenvalue weighted by Gasteiger charge is 2.44. The van der Waals surface area contributed by atoms with E-state index in [1.54, 1.807) is 28.8 Å². The van der Waals surface area contributed by atoms with Crippen LogP contribution in [0.15, 0.2) is 48.7 Å². The number of carbonyl (C=O) groups is 2. The molecule has 184 valence electrons. The number of carboxylic acids is 1.